The lowest BCUT2D eigenvalue weighted by Crippen LogP contribution is -2.59. The molecule has 39 atom stereocenters. The molecule has 0 bridgehead atoms. The second kappa shape index (κ2) is 42.9. The SMILES string of the molecule is C.CC[C@H]1CCC[C@H](O[C@H]2CC[C@H](N(C)C)C(C)O2)[C@@H](C)C(=O)C2=C[C@H]3[C@@H]4C[C@H](O[C@@H]5OC(C)[C@H](OC)C(OC)[C@@H]5OC)C[C@H]4[C@@H]4[C@H]([C@H]3[C@@H]2CC(=O)O1)N4S(=O)(=O)c1ccc(C)cc1.CC[C@H]1CCC[C@H](O[C@H]2CC[C@H](N(C)C)C(C)O2)[C@@H](C)C(=O)C2=C[C@H]3[C@@H]4C[C@H](O[C@@H]5OC(C)[C@H](OC)C(OC)[C@@H]5OC)C[C@H]4[C@H]4N[C@H]4[C@H]3[C@@H]2CC(=O)O1.Cc1ccc(S(=O)(=O)Cl)cc1. The zero-order valence-corrected chi connectivity index (χ0v) is 80.7. The molecule has 2 aromatic rings. The summed E-state index contributed by atoms with van der Waals surface area (Å²) in [6.45, 7) is 20.0. The summed E-state index contributed by atoms with van der Waals surface area (Å²) < 4.78 is 153. The number of halogens is 1. The normalized spacial score (nSPS) is 43.0. The Hall–Kier alpha value is -4.33. The Balaban J connectivity index is 0.000000196. The largest absolute Gasteiger partial charge is 0.462 e. The van der Waals surface area contributed by atoms with Gasteiger partial charge >= 0.3 is 11.9 Å². The van der Waals surface area contributed by atoms with Gasteiger partial charge in [-0.25, -0.2) is 16.8 Å². The Labute approximate surface area is 766 Å². The van der Waals surface area contributed by atoms with E-state index in [4.69, 9.17) is 86.5 Å². The van der Waals surface area contributed by atoms with Crippen LogP contribution in [-0.2, 0) is 114 Å². The smallest absolute Gasteiger partial charge is 0.306 e. The Kier molecular flexibility index (Phi) is 33.9. The van der Waals surface area contributed by atoms with Crippen molar-refractivity contribution in [2.24, 2.45) is 71.0 Å². The number of hydrogen-bond donors (Lipinski definition) is 1. The van der Waals surface area contributed by atoms with Crippen LogP contribution >= 0.6 is 10.7 Å². The molecule has 16 rings (SSSR count). The van der Waals surface area contributed by atoms with E-state index < -0.39 is 80.2 Å². The highest BCUT2D eigenvalue weighted by molar-refractivity contribution is 8.13. The third-order valence-electron chi connectivity index (χ3n) is 31.5. The molecule has 2 aromatic carbocycles. The standard InChI is InChI=1S/C48H72N2O12S.C41H66N2O10.C7H7ClO2S.CH4/c1-11-29-13-12-14-38(62-40-20-19-37(49(6)7)27(4)58-40)26(3)44(52)36-23-33-32-21-30(61-48-47(57-10)46(56-9)45(55-8)28(5)59-48)22-35(32)42-43(41(33)34(36)24-39(51)60-29)50(42)63(53,54)31-17-15-25(2)16-18-31;1-10-23-12-11-13-31(53-33-15-14-30(43(5)6)21(3)49-33)20(2)37(45)29-18-26-25-16-24(52-41-40(48-9)39(47-8)38(46-7)22(4)50-41)17-28(25)35-36(42-35)34(26)27(29)19-32(44)51-23;1-6-2-4-7(5-3-6)11(8,9)10;/h15-18,23,26-30,32-35,37-38,40-43,45-48H,11-14,19-22,24H2,1-10H3;18,20-28,30-31,33-36,38-42H,10-17,19H2,1-9H3;2-5H,1H3;1H4/t26-,27?,28?,29+,30+,32+,33+,34-,35-,37+,38+,40+,41-,42-,43+,45+,46?,47+,48+,50?;20-,21?,22?,23+,24+,25+,26+,27-,28-,30+,31+,33+,34-,35-,36+,38+,39?,40+,41+;;/m11../s1. The maximum absolute atomic E-state index is 15.2. The van der Waals surface area contributed by atoms with Gasteiger partial charge in [0.1, 0.15) is 48.8 Å². The number of allylic oxidation sites excluding steroid dienone is 4. The van der Waals surface area contributed by atoms with E-state index in [0.29, 0.717) is 68.0 Å². The van der Waals surface area contributed by atoms with Crippen LogP contribution in [0, 0.1) is 84.9 Å². The second-order valence-electron chi connectivity index (χ2n) is 39.3. The van der Waals surface area contributed by atoms with Gasteiger partial charge in [-0.05, 0) is 255 Å². The zero-order chi connectivity index (χ0) is 91.3. The Bertz CT molecular complexity index is 4380. The predicted molar refractivity (Wildman–Crippen MR) is 480 cm³/mol. The van der Waals surface area contributed by atoms with Gasteiger partial charge in [-0.1, -0.05) is 82.7 Å². The molecule has 8 heterocycles. The molecule has 28 nitrogen and oxygen atoms in total. The van der Waals surface area contributed by atoms with E-state index in [1.165, 1.54) is 12.1 Å². The molecule has 8 saturated heterocycles. The summed E-state index contributed by atoms with van der Waals surface area (Å²) in [6.07, 6.45) is 10.3. The van der Waals surface area contributed by atoms with Crippen molar-refractivity contribution in [2.75, 3.05) is 70.8 Å². The predicted octanol–water partition coefficient (Wildman–Crippen LogP) is 12.5. The minimum atomic E-state index is -3.94. The van der Waals surface area contributed by atoms with Crippen LogP contribution < -0.4 is 5.32 Å². The van der Waals surface area contributed by atoms with E-state index in [0.717, 1.165) is 80.9 Å². The number of aryl methyl sites for hydroxylation is 2. The number of esters is 2. The monoisotopic (exact) mass is 1850 g/mol. The van der Waals surface area contributed by atoms with Gasteiger partial charge < -0.3 is 90.9 Å². The highest BCUT2D eigenvalue weighted by atomic mass is 35.7. The first kappa shape index (κ1) is 101. The van der Waals surface area contributed by atoms with Crippen molar-refractivity contribution >= 4 is 53.3 Å². The van der Waals surface area contributed by atoms with Gasteiger partial charge in [-0.3, -0.25) is 19.2 Å². The first-order valence-electron chi connectivity index (χ1n) is 47.1. The lowest BCUT2D eigenvalue weighted by Gasteiger charge is -2.44. The molecular formula is C97H149ClN4O24S2. The topological polar surface area (TPSA) is 316 Å². The van der Waals surface area contributed by atoms with Crippen LogP contribution in [0.4, 0.5) is 0 Å². The summed E-state index contributed by atoms with van der Waals surface area (Å²) in [5, 5.41) is 3.82. The van der Waals surface area contributed by atoms with E-state index in [9.17, 15) is 31.2 Å². The maximum Gasteiger partial charge on any atom is 0.306 e. The Morgan fingerprint density at radius 1 is 0.461 bits per heavy atom. The fourth-order valence-corrected chi connectivity index (χ4v) is 27.5. The van der Waals surface area contributed by atoms with E-state index >= 15 is 4.79 Å². The number of likely N-dealkylation sites (N-methyl/N-ethyl adjacent to an activating group) is 2. The molecule has 0 aromatic heterocycles. The summed E-state index contributed by atoms with van der Waals surface area (Å²) in [5.74, 6) is -1.55. The van der Waals surface area contributed by atoms with Gasteiger partial charge in [-0.15, -0.1) is 0 Å². The number of carbonyl (C=O) groups is 4. The van der Waals surface area contributed by atoms with Crippen LogP contribution in [0.5, 0.6) is 0 Å². The van der Waals surface area contributed by atoms with Crippen molar-refractivity contribution in [3.05, 3.63) is 83.0 Å². The Morgan fingerprint density at radius 3 is 1.27 bits per heavy atom. The molecule has 0 radical (unpaired) electrons. The lowest BCUT2D eigenvalue weighted by atomic mass is 9.66. The first-order valence-corrected chi connectivity index (χ1v) is 50.8. The van der Waals surface area contributed by atoms with Crippen LogP contribution in [0.3, 0.4) is 0 Å². The summed E-state index contributed by atoms with van der Waals surface area (Å²) >= 11 is 0. The van der Waals surface area contributed by atoms with Gasteiger partial charge in [-0.2, -0.15) is 4.31 Å². The van der Waals surface area contributed by atoms with E-state index in [-0.39, 0.29) is 199 Å². The van der Waals surface area contributed by atoms with Gasteiger partial charge in [0.15, 0.2) is 36.7 Å². The minimum Gasteiger partial charge on any atom is -0.462 e. The number of benzene rings is 2. The molecule has 12 fully saturated rings. The number of ketones is 2. The average Bonchev–Trinajstić information content (AvgIpc) is 1.51. The number of cyclic esters (lactones) is 2. The third-order valence-corrected chi connectivity index (χ3v) is 34.7. The molecule has 7 unspecified atom stereocenters. The average molecular weight is 1850 g/mol. The Morgan fingerprint density at radius 2 is 0.859 bits per heavy atom. The molecular weight excluding hydrogens is 1700 g/mol. The fraction of sp³-hybridized carbons (Fsp3) is 0.794. The van der Waals surface area contributed by atoms with Crippen molar-refractivity contribution in [3.8, 4) is 0 Å². The van der Waals surface area contributed by atoms with Crippen LogP contribution in [0.2, 0.25) is 0 Å². The van der Waals surface area contributed by atoms with Crippen LogP contribution in [-0.4, -0.2) is 284 Å². The number of nitrogens with zero attached hydrogens (tertiary/aromatic N) is 3. The van der Waals surface area contributed by atoms with Crippen molar-refractivity contribution in [3.63, 3.8) is 0 Å². The summed E-state index contributed by atoms with van der Waals surface area (Å²) in [5.41, 5.74) is 3.37. The van der Waals surface area contributed by atoms with Crippen LogP contribution in [0.15, 0.2) is 81.6 Å². The van der Waals surface area contributed by atoms with E-state index in [1.54, 1.807) is 71.2 Å². The van der Waals surface area contributed by atoms with E-state index in [2.05, 4.69) is 76.2 Å². The van der Waals surface area contributed by atoms with E-state index in [1.807, 2.05) is 60.6 Å². The first-order chi connectivity index (χ1) is 60.6. The number of nitrogens with one attached hydrogen (secondary N) is 1. The molecule has 128 heavy (non-hydrogen) atoms. The minimum absolute atomic E-state index is 0. The number of Topliss-reactive ketones (excluding diaryl/α,β-unsaturated/α-hetero) is 2. The molecule has 14 aliphatic rings. The van der Waals surface area contributed by atoms with Crippen molar-refractivity contribution in [1.29, 1.82) is 0 Å². The number of rotatable bonds is 21. The van der Waals surface area contributed by atoms with Crippen molar-refractivity contribution < 1.29 is 112 Å². The zero-order valence-electron chi connectivity index (χ0n) is 78.3. The molecule has 720 valence electrons. The van der Waals surface area contributed by atoms with Crippen LogP contribution in [0.1, 0.15) is 190 Å². The molecule has 0 spiro atoms. The van der Waals surface area contributed by atoms with Crippen molar-refractivity contribution in [1.82, 2.24) is 19.4 Å². The quantitative estimate of drug-likeness (QED) is 0.0689. The summed E-state index contributed by atoms with van der Waals surface area (Å²) in [7, 11) is 15.8. The van der Waals surface area contributed by atoms with Crippen LogP contribution in [0.25, 0.3) is 0 Å². The van der Waals surface area contributed by atoms with Gasteiger partial charge in [0.2, 0.25) is 10.0 Å². The number of hydrogen-bond acceptors (Lipinski definition) is 27. The molecule has 0 amide bonds. The number of methoxy groups -OCH3 is 6. The highest BCUT2D eigenvalue weighted by Crippen LogP contribution is 2.66. The van der Waals surface area contributed by atoms with Crippen molar-refractivity contribution in [2.45, 2.75) is 361 Å². The third kappa shape index (κ3) is 21.4. The maximum atomic E-state index is 15.2. The molecule has 4 saturated carbocycles. The summed E-state index contributed by atoms with van der Waals surface area (Å²) in [6, 6.07) is 13.9. The second-order valence-corrected chi connectivity index (χ2v) is 43.7. The lowest BCUT2D eigenvalue weighted by molar-refractivity contribution is -0.314. The fourth-order valence-electron chi connectivity index (χ4n) is 24.9. The molecule has 6 aliphatic carbocycles. The number of carbonyl (C=O) groups excluding carboxylic acids is 4. The molecule has 1 N–H and O–H groups in total. The van der Waals surface area contributed by atoms with Gasteiger partial charge in [0.25, 0.3) is 9.05 Å². The summed E-state index contributed by atoms with van der Waals surface area (Å²) in [4.78, 5) is 62.4. The highest BCUT2D eigenvalue weighted by Gasteiger charge is 2.73. The number of sulfonamides is 1. The molecule has 8 aliphatic heterocycles. The van der Waals surface area contributed by atoms with Gasteiger partial charge in [0.05, 0.1) is 71.5 Å². The number of ether oxygens (including phenoxy) is 16. The molecule has 31 heteroatoms. The van der Waals surface area contributed by atoms with Gasteiger partial charge in [0, 0.05) is 113 Å². The number of fused-ring (bicyclic) bond motifs is 16.